The second kappa shape index (κ2) is 7.78. The fourth-order valence-corrected chi connectivity index (χ4v) is 6.74. The van der Waals surface area contributed by atoms with Crippen LogP contribution >= 0.6 is 0 Å². The Morgan fingerprint density at radius 2 is 1.57 bits per heavy atom. The van der Waals surface area contributed by atoms with E-state index in [-0.39, 0.29) is 11.4 Å². The first-order chi connectivity index (χ1) is 12.9. The fraction of sp³-hybridized carbons (Fsp3) is 0.235. The standard InChI is InChI=1S/C17H19NO8S2/c1-25-15(19)17(20,26-13-6-4-3-5-7-13)16(27(2,21)22)28(23,24)14-10-8-12(18)9-11-14/h3-11,16,20H,18H2,1-2H3. The van der Waals surface area contributed by atoms with Crippen molar-refractivity contribution < 1.29 is 36.2 Å². The average Bonchev–Trinajstić information content (AvgIpc) is 2.60. The molecule has 9 nitrogen and oxygen atoms in total. The van der Waals surface area contributed by atoms with E-state index in [2.05, 4.69) is 4.74 Å². The second-order valence-corrected chi connectivity index (χ2v) is 10.3. The van der Waals surface area contributed by atoms with Gasteiger partial charge in [-0.1, -0.05) is 18.2 Å². The Kier molecular flexibility index (Phi) is 6.02. The van der Waals surface area contributed by atoms with E-state index < -0.39 is 40.9 Å². The number of rotatable bonds is 7. The summed E-state index contributed by atoms with van der Waals surface area (Å²) in [4.78, 5) is 11.8. The third kappa shape index (κ3) is 4.26. The molecular weight excluding hydrogens is 410 g/mol. The number of esters is 1. The van der Waals surface area contributed by atoms with E-state index >= 15 is 0 Å². The predicted molar refractivity (Wildman–Crippen MR) is 101 cm³/mol. The second-order valence-electron chi connectivity index (χ2n) is 5.88. The Labute approximate surface area is 162 Å². The van der Waals surface area contributed by atoms with Gasteiger partial charge in [0.25, 0.3) is 0 Å². The van der Waals surface area contributed by atoms with E-state index in [1.807, 2.05) is 0 Å². The summed E-state index contributed by atoms with van der Waals surface area (Å²) in [7, 11) is -8.58. The minimum atomic E-state index is -4.83. The number of carbonyl (C=O) groups excluding carboxylic acids is 1. The average molecular weight is 429 g/mol. The van der Waals surface area contributed by atoms with E-state index in [1.54, 1.807) is 6.07 Å². The number of hydrogen-bond acceptors (Lipinski definition) is 9. The molecule has 0 radical (unpaired) electrons. The first kappa shape index (κ1) is 21.7. The molecule has 0 bridgehead atoms. The highest BCUT2D eigenvalue weighted by molar-refractivity contribution is 8.09. The first-order valence-corrected chi connectivity index (χ1v) is 11.3. The van der Waals surface area contributed by atoms with Crippen LogP contribution in [0.5, 0.6) is 5.75 Å². The fourth-order valence-electron chi connectivity index (χ4n) is 2.51. The van der Waals surface area contributed by atoms with Gasteiger partial charge >= 0.3 is 11.8 Å². The van der Waals surface area contributed by atoms with Crippen molar-refractivity contribution in [1.29, 1.82) is 0 Å². The molecule has 2 unspecified atom stereocenters. The van der Waals surface area contributed by atoms with Crippen molar-refractivity contribution in [2.75, 3.05) is 19.1 Å². The lowest BCUT2D eigenvalue weighted by atomic mass is 10.3. The number of nitrogen functional groups attached to an aromatic ring is 1. The molecule has 0 saturated heterocycles. The number of nitrogens with two attached hydrogens (primary N) is 1. The lowest BCUT2D eigenvalue weighted by molar-refractivity contribution is -0.193. The monoisotopic (exact) mass is 429 g/mol. The van der Waals surface area contributed by atoms with E-state index in [0.29, 0.717) is 6.26 Å². The van der Waals surface area contributed by atoms with Gasteiger partial charge in [0.15, 0.2) is 9.84 Å². The number of sulfone groups is 2. The number of methoxy groups -OCH3 is 1. The van der Waals surface area contributed by atoms with Gasteiger partial charge in [0.2, 0.25) is 14.4 Å². The quantitative estimate of drug-likeness (QED) is 0.361. The van der Waals surface area contributed by atoms with Crippen LogP contribution in [0.3, 0.4) is 0 Å². The van der Waals surface area contributed by atoms with Crippen LogP contribution in [-0.4, -0.2) is 51.6 Å². The van der Waals surface area contributed by atoms with Crippen LogP contribution in [0.15, 0.2) is 59.5 Å². The van der Waals surface area contributed by atoms with Crippen molar-refractivity contribution in [3.63, 3.8) is 0 Å². The molecule has 2 aromatic rings. The third-order valence-electron chi connectivity index (χ3n) is 3.69. The van der Waals surface area contributed by atoms with Crippen LogP contribution < -0.4 is 10.5 Å². The number of benzene rings is 2. The zero-order valence-electron chi connectivity index (χ0n) is 15.0. The van der Waals surface area contributed by atoms with E-state index in [1.165, 1.54) is 36.4 Å². The van der Waals surface area contributed by atoms with E-state index in [9.17, 15) is 26.7 Å². The molecule has 0 aliphatic carbocycles. The molecule has 28 heavy (non-hydrogen) atoms. The van der Waals surface area contributed by atoms with Gasteiger partial charge in [0, 0.05) is 11.9 Å². The van der Waals surface area contributed by atoms with Gasteiger partial charge in [0.05, 0.1) is 12.0 Å². The lowest BCUT2D eigenvalue weighted by Crippen LogP contribution is -2.60. The Hall–Kier alpha value is -2.63. The number of carbonyl (C=O) groups is 1. The summed E-state index contributed by atoms with van der Waals surface area (Å²) < 4.78 is 57.9. The predicted octanol–water partition coefficient (Wildman–Crippen LogP) is 0.354. The highest BCUT2D eigenvalue weighted by Crippen LogP contribution is 2.32. The molecule has 0 aliphatic heterocycles. The summed E-state index contributed by atoms with van der Waals surface area (Å²) >= 11 is 0. The maximum atomic E-state index is 13.1. The van der Waals surface area contributed by atoms with Gasteiger partial charge < -0.3 is 20.3 Å². The Morgan fingerprint density at radius 1 is 1.04 bits per heavy atom. The number of anilines is 1. The molecule has 0 aliphatic rings. The summed E-state index contributed by atoms with van der Waals surface area (Å²) in [5.74, 6) is -5.11. The molecule has 3 N–H and O–H groups in total. The SMILES string of the molecule is COC(=O)C(O)(Oc1ccccc1)C(S(C)(=O)=O)S(=O)(=O)c1ccc(N)cc1. The van der Waals surface area contributed by atoms with Crippen molar-refractivity contribution >= 4 is 31.3 Å². The van der Waals surface area contributed by atoms with Crippen molar-refractivity contribution in [2.24, 2.45) is 0 Å². The van der Waals surface area contributed by atoms with Crippen molar-refractivity contribution in [2.45, 2.75) is 15.3 Å². The molecule has 2 aromatic carbocycles. The highest BCUT2D eigenvalue weighted by atomic mass is 32.3. The van der Waals surface area contributed by atoms with Crippen LogP contribution in [0.25, 0.3) is 0 Å². The summed E-state index contributed by atoms with van der Waals surface area (Å²) in [6.07, 6.45) is 0.564. The van der Waals surface area contributed by atoms with Crippen LogP contribution in [0, 0.1) is 0 Å². The molecular formula is C17H19NO8S2. The molecule has 0 aromatic heterocycles. The van der Waals surface area contributed by atoms with Crippen molar-refractivity contribution in [3.05, 3.63) is 54.6 Å². The third-order valence-corrected chi connectivity index (χ3v) is 8.41. The van der Waals surface area contributed by atoms with Crippen LogP contribution in [0.4, 0.5) is 5.69 Å². The minimum absolute atomic E-state index is 0.142. The normalized spacial score (nSPS) is 15.2. The minimum Gasteiger partial charge on any atom is -0.464 e. The number of hydrogen-bond donors (Lipinski definition) is 2. The van der Waals surface area contributed by atoms with Gasteiger partial charge in [-0.05, 0) is 36.4 Å². The van der Waals surface area contributed by atoms with Crippen LogP contribution in [-0.2, 0) is 29.2 Å². The summed E-state index contributed by atoms with van der Waals surface area (Å²) in [5.41, 5.74) is 5.76. The maximum absolute atomic E-state index is 13.1. The van der Waals surface area contributed by atoms with Crippen LogP contribution in [0.2, 0.25) is 0 Å². The van der Waals surface area contributed by atoms with Crippen molar-refractivity contribution in [3.8, 4) is 5.75 Å². The summed E-state index contributed by atoms with van der Waals surface area (Å²) in [5, 5.41) is 10.9. The smallest absolute Gasteiger partial charge is 0.381 e. The Balaban J connectivity index is 2.72. The largest absolute Gasteiger partial charge is 0.464 e. The van der Waals surface area contributed by atoms with Gasteiger partial charge in [-0.2, -0.15) is 0 Å². The summed E-state index contributed by atoms with van der Waals surface area (Å²) in [6.45, 7) is 0. The topological polar surface area (TPSA) is 150 Å². The van der Waals surface area contributed by atoms with Gasteiger partial charge in [0.1, 0.15) is 5.75 Å². The molecule has 0 spiro atoms. The van der Waals surface area contributed by atoms with Gasteiger partial charge in [-0.3, -0.25) is 0 Å². The molecule has 11 heteroatoms. The first-order valence-electron chi connectivity index (χ1n) is 7.76. The number of ether oxygens (including phenoxy) is 2. The Morgan fingerprint density at radius 3 is 2.04 bits per heavy atom. The molecule has 152 valence electrons. The zero-order valence-corrected chi connectivity index (χ0v) is 16.6. The molecule has 0 heterocycles. The molecule has 0 fully saturated rings. The Bertz CT molecular complexity index is 1050. The zero-order chi connectivity index (χ0) is 21.2. The van der Waals surface area contributed by atoms with Crippen LogP contribution in [0.1, 0.15) is 0 Å². The van der Waals surface area contributed by atoms with Crippen molar-refractivity contribution in [1.82, 2.24) is 0 Å². The highest BCUT2D eigenvalue weighted by Gasteiger charge is 2.60. The molecule has 2 rings (SSSR count). The van der Waals surface area contributed by atoms with E-state index in [4.69, 9.17) is 10.5 Å². The molecule has 2 atom stereocenters. The number of aliphatic hydroxyl groups is 1. The lowest BCUT2D eigenvalue weighted by Gasteiger charge is -2.32. The van der Waals surface area contributed by atoms with Gasteiger partial charge in [-0.15, -0.1) is 0 Å². The van der Waals surface area contributed by atoms with Gasteiger partial charge in [-0.25, -0.2) is 21.6 Å². The van der Waals surface area contributed by atoms with E-state index in [0.717, 1.165) is 19.2 Å². The maximum Gasteiger partial charge on any atom is 0.381 e. The number of para-hydroxylation sites is 1. The summed E-state index contributed by atoms with van der Waals surface area (Å²) in [6, 6.07) is 11.8. The molecule has 0 saturated carbocycles. The molecule has 0 amide bonds.